The fraction of sp³-hybridized carbons (Fsp3) is 0. The fourth-order valence-electron chi connectivity index (χ4n) is 8.10. The van der Waals surface area contributed by atoms with Gasteiger partial charge in [0.15, 0.2) is 0 Å². The molecule has 0 saturated carbocycles. The molecule has 0 nitrogen and oxygen atoms in total. The van der Waals surface area contributed by atoms with E-state index in [1.54, 1.807) is 0 Å². The standard InChI is InChI=1S/C48H30/c1-3-15-35-33(13-1)29-45(39-19-7-5-17-37(35)39)31-25-27-32(28-26-31)47-41-21-9-11-23-43(41)48(44-24-12-10-22-42(44)47)46-30-34-14-2-4-16-36(34)38-18-6-8-20-40(38)46/h1-30H. The first-order chi connectivity index (χ1) is 23.8. The highest BCUT2D eigenvalue weighted by molar-refractivity contribution is 6.26. The van der Waals surface area contributed by atoms with Gasteiger partial charge in [0.2, 0.25) is 0 Å². The zero-order valence-electron chi connectivity index (χ0n) is 26.3. The van der Waals surface area contributed by atoms with Crippen molar-refractivity contribution in [2.24, 2.45) is 0 Å². The minimum Gasteiger partial charge on any atom is -0.0616 e. The Balaban J connectivity index is 1.22. The van der Waals surface area contributed by atoms with Gasteiger partial charge in [-0.2, -0.15) is 0 Å². The highest BCUT2D eigenvalue weighted by Crippen LogP contribution is 2.47. The highest BCUT2D eigenvalue weighted by atomic mass is 14.2. The van der Waals surface area contributed by atoms with Gasteiger partial charge < -0.3 is 0 Å². The van der Waals surface area contributed by atoms with Crippen molar-refractivity contribution in [3.05, 3.63) is 182 Å². The lowest BCUT2D eigenvalue weighted by Gasteiger charge is -2.20. The van der Waals surface area contributed by atoms with E-state index in [1.807, 2.05) is 0 Å². The predicted molar refractivity (Wildman–Crippen MR) is 208 cm³/mol. The van der Waals surface area contributed by atoms with Crippen molar-refractivity contribution in [2.45, 2.75) is 0 Å². The third-order valence-electron chi connectivity index (χ3n) is 10.2. The van der Waals surface area contributed by atoms with Crippen molar-refractivity contribution in [1.82, 2.24) is 0 Å². The smallest absolute Gasteiger partial charge is 0.00199 e. The summed E-state index contributed by atoms with van der Waals surface area (Å²) in [5.41, 5.74) is 7.58. The average Bonchev–Trinajstić information content (AvgIpc) is 3.16. The molecular weight excluding hydrogens is 577 g/mol. The Labute approximate surface area is 279 Å². The van der Waals surface area contributed by atoms with Crippen molar-refractivity contribution >= 4 is 64.6 Å². The van der Waals surface area contributed by atoms with Gasteiger partial charge in [-0.15, -0.1) is 0 Å². The van der Waals surface area contributed by atoms with Gasteiger partial charge in [0.05, 0.1) is 0 Å². The van der Waals surface area contributed by atoms with Crippen molar-refractivity contribution in [2.75, 3.05) is 0 Å². The second kappa shape index (κ2) is 10.7. The second-order valence-electron chi connectivity index (χ2n) is 12.8. The molecule has 0 unspecified atom stereocenters. The molecule has 0 N–H and O–H groups in total. The summed E-state index contributed by atoms with van der Waals surface area (Å²) in [4.78, 5) is 0. The van der Waals surface area contributed by atoms with E-state index in [-0.39, 0.29) is 0 Å². The molecule has 0 spiro atoms. The second-order valence-corrected chi connectivity index (χ2v) is 12.8. The normalized spacial score (nSPS) is 11.8. The van der Waals surface area contributed by atoms with Crippen LogP contribution in [0.25, 0.3) is 98.0 Å². The van der Waals surface area contributed by atoms with Gasteiger partial charge in [-0.25, -0.2) is 0 Å². The first-order valence-corrected chi connectivity index (χ1v) is 16.7. The van der Waals surface area contributed by atoms with Gasteiger partial charge in [-0.1, -0.05) is 170 Å². The maximum absolute atomic E-state index is 2.40. The van der Waals surface area contributed by atoms with Crippen LogP contribution in [0.15, 0.2) is 182 Å². The van der Waals surface area contributed by atoms with Gasteiger partial charge >= 0.3 is 0 Å². The van der Waals surface area contributed by atoms with E-state index >= 15 is 0 Å². The van der Waals surface area contributed by atoms with E-state index in [1.165, 1.54) is 98.0 Å². The van der Waals surface area contributed by atoms with Crippen LogP contribution >= 0.6 is 0 Å². The van der Waals surface area contributed by atoms with E-state index in [4.69, 9.17) is 0 Å². The molecule has 10 aromatic carbocycles. The lowest BCUT2D eigenvalue weighted by atomic mass is 9.83. The Morgan fingerprint density at radius 2 is 0.542 bits per heavy atom. The Morgan fingerprint density at radius 1 is 0.208 bits per heavy atom. The molecule has 222 valence electrons. The van der Waals surface area contributed by atoms with Gasteiger partial charge in [-0.3, -0.25) is 0 Å². The molecule has 0 fully saturated rings. The molecule has 0 atom stereocenters. The van der Waals surface area contributed by atoms with Crippen LogP contribution in [0.5, 0.6) is 0 Å². The molecule has 10 rings (SSSR count). The number of rotatable bonds is 3. The molecule has 0 saturated heterocycles. The van der Waals surface area contributed by atoms with Crippen LogP contribution in [0.4, 0.5) is 0 Å². The van der Waals surface area contributed by atoms with Crippen molar-refractivity contribution in [1.29, 1.82) is 0 Å². The summed E-state index contributed by atoms with van der Waals surface area (Å²) < 4.78 is 0. The summed E-state index contributed by atoms with van der Waals surface area (Å²) in [6.07, 6.45) is 0. The minimum atomic E-state index is 1.23. The van der Waals surface area contributed by atoms with Crippen LogP contribution in [0.2, 0.25) is 0 Å². The molecule has 0 aromatic heterocycles. The van der Waals surface area contributed by atoms with Crippen LogP contribution in [-0.2, 0) is 0 Å². The van der Waals surface area contributed by atoms with Gasteiger partial charge in [0.25, 0.3) is 0 Å². The van der Waals surface area contributed by atoms with Gasteiger partial charge in [0.1, 0.15) is 0 Å². The minimum absolute atomic E-state index is 1.23. The topological polar surface area (TPSA) is 0 Å². The SMILES string of the molecule is c1ccc2c(c1)cc(-c1ccc(-c3c4ccccc4c(-c4cc5ccccc5c5ccccc45)c4ccccc34)cc1)c1ccccc12. The number of hydrogen-bond acceptors (Lipinski definition) is 0. The Bertz CT molecular complexity index is 2820. The molecule has 0 heteroatoms. The largest absolute Gasteiger partial charge is 0.0616 e. The molecule has 0 aliphatic carbocycles. The quantitative estimate of drug-likeness (QED) is 0.139. The number of hydrogen-bond donors (Lipinski definition) is 0. The molecule has 48 heavy (non-hydrogen) atoms. The Kier molecular flexibility index (Phi) is 5.98. The van der Waals surface area contributed by atoms with E-state index in [0.717, 1.165) is 0 Å². The molecule has 0 aliphatic heterocycles. The Morgan fingerprint density at radius 3 is 1.04 bits per heavy atom. The third kappa shape index (κ3) is 4.03. The van der Waals surface area contributed by atoms with Crippen LogP contribution in [-0.4, -0.2) is 0 Å². The van der Waals surface area contributed by atoms with E-state index in [2.05, 4.69) is 182 Å². The maximum atomic E-state index is 2.40. The van der Waals surface area contributed by atoms with Crippen LogP contribution in [0.1, 0.15) is 0 Å². The van der Waals surface area contributed by atoms with E-state index < -0.39 is 0 Å². The lowest BCUT2D eigenvalue weighted by molar-refractivity contribution is 1.64. The van der Waals surface area contributed by atoms with Crippen molar-refractivity contribution in [3.63, 3.8) is 0 Å². The first-order valence-electron chi connectivity index (χ1n) is 16.7. The summed E-state index contributed by atoms with van der Waals surface area (Å²) in [5.74, 6) is 0. The highest BCUT2D eigenvalue weighted by Gasteiger charge is 2.19. The monoisotopic (exact) mass is 606 g/mol. The molecule has 0 heterocycles. The van der Waals surface area contributed by atoms with E-state index in [9.17, 15) is 0 Å². The predicted octanol–water partition coefficient (Wildman–Crippen LogP) is 13.6. The molecular formula is C48H30. The molecule has 10 aromatic rings. The van der Waals surface area contributed by atoms with E-state index in [0.29, 0.717) is 0 Å². The maximum Gasteiger partial charge on any atom is -0.00199 e. The zero-order valence-corrected chi connectivity index (χ0v) is 26.3. The molecule has 0 aliphatic rings. The van der Waals surface area contributed by atoms with Crippen LogP contribution in [0.3, 0.4) is 0 Å². The Hall–Kier alpha value is -6.24. The summed E-state index contributed by atoms with van der Waals surface area (Å²) >= 11 is 0. The van der Waals surface area contributed by atoms with Gasteiger partial charge in [-0.05, 0) is 110 Å². The molecule has 0 radical (unpaired) electrons. The summed E-state index contributed by atoms with van der Waals surface area (Å²) in [7, 11) is 0. The third-order valence-corrected chi connectivity index (χ3v) is 10.2. The zero-order chi connectivity index (χ0) is 31.6. The molecule has 0 amide bonds. The summed E-state index contributed by atoms with van der Waals surface area (Å²) in [6.45, 7) is 0. The summed E-state index contributed by atoms with van der Waals surface area (Å²) in [6, 6.07) is 67.0. The fourth-order valence-corrected chi connectivity index (χ4v) is 8.10. The average molecular weight is 607 g/mol. The van der Waals surface area contributed by atoms with Gasteiger partial charge in [0, 0.05) is 0 Å². The lowest BCUT2D eigenvalue weighted by Crippen LogP contribution is -1.92. The number of fused-ring (bicyclic) bond motifs is 8. The first kappa shape index (κ1) is 26.9. The number of benzene rings is 10. The van der Waals surface area contributed by atoms with Crippen molar-refractivity contribution in [3.8, 4) is 33.4 Å². The van der Waals surface area contributed by atoms with Crippen LogP contribution < -0.4 is 0 Å². The van der Waals surface area contributed by atoms with Crippen LogP contribution in [0, 0.1) is 0 Å². The van der Waals surface area contributed by atoms with Crippen molar-refractivity contribution < 1.29 is 0 Å². The molecule has 0 bridgehead atoms. The summed E-state index contributed by atoms with van der Waals surface area (Å²) in [5, 5.41) is 15.4.